The van der Waals surface area contributed by atoms with Crippen LogP contribution in [0.1, 0.15) is 18.1 Å². The molecular weight excluding hydrogens is 497 g/mol. The van der Waals surface area contributed by atoms with Crippen LogP contribution in [-0.2, 0) is 26.2 Å². The highest BCUT2D eigenvalue weighted by Gasteiger charge is 2.30. The summed E-state index contributed by atoms with van der Waals surface area (Å²) in [4.78, 5) is 26.9. The number of anilines is 1. The van der Waals surface area contributed by atoms with Gasteiger partial charge >= 0.3 is 0 Å². The topological polar surface area (TPSA) is 86.8 Å². The first-order valence-corrected chi connectivity index (χ1v) is 12.5. The lowest BCUT2D eigenvalue weighted by molar-refractivity contribution is -0.139. The molecule has 0 aromatic heterocycles. The van der Waals surface area contributed by atoms with E-state index in [-0.39, 0.29) is 12.2 Å². The van der Waals surface area contributed by atoms with E-state index in [4.69, 9.17) is 34.8 Å². The van der Waals surface area contributed by atoms with Gasteiger partial charge in [-0.25, -0.2) is 8.42 Å². The predicted molar refractivity (Wildman–Crippen MR) is 129 cm³/mol. The molecule has 1 atom stereocenters. The van der Waals surface area contributed by atoms with E-state index in [0.29, 0.717) is 26.2 Å². The molecule has 11 heteroatoms. The highest BCUT2D eigenvalue weighted by Crippen LogP contribution is 2.29. The van der Waals surface area contributed by atoms with Gasteiger partial charge in [0.05, 0.1) is 22.0 Å². The monoisotopic (exact) mass is 519 g/mol. The maximum atomic E-state index is 13.3. The van der Waals surface area contributed by atoms with Crippen molar-refractivity contribution in [1.82, 2.24) is 10.2 Å². The van der Waals surface area contributed by atoms with Crippen molar-refractivity contribution in [3.8, 4) is 0 Å². The number of amides is 2. The average molecular weight is 521 g/mol. The van der Waals surface area contributed by atoms with Crippen molar-refractivity contribution in [2.24, 2.45) is 0 Å². The van der Waals surface area contributed by atoms with Crippen LogP contribution in [0.15, 0.2) is 36.4 Å². The molecule has 0 radical (unpaired) electrons. The van der Waals surface area contributed by atoms with Crippen molar-refractivity contribution in [2.45, 2.75) is 26.4 Å². The Morgan fingerprint density at radius 2 is 1.72 bits per heavy atom. The number of hydrogen-bond donors (Lipinski definition) is 1. The number of hydrogen-bond acceptors (Lipinski definition) is 4. The molecule has 2 aromatic rings. The summed E-state index contributed by atoms with van der Waals surface area (Å²) in [5.41, 5.74) is 1.44. The second-order valence-corrected chi connectivity index (χ2v) is 10.3. The lowest BCUT2D eigenvalue weighted by atomic mass is 10.1. The number of nitrogens with one attached hydrogen (secondary N) is 1. The second kappa shape index (κ2) is 10.7. The normalized spacial score (nSPS) is 12.2. The minimum Gasteiger partial charge on any atom is -0.357 e. The van der Waals surface area contributed by atoms with E-state index < -0.39 is 34.4 Å². The van der Waals surface area contributed by atoms with Crippen LogP contribution >= 0.6 is 34.8 Å². The van der Waals surface area contributed by atoms with Gasteiger partial charge in [-0.05, 0) is 49.2 Å². The highest BCUT2D eigenvalue weighted by atomic mass is 35.5. The number of sulfonamides is 1. The number of carbonyl (C=O) groups is 2. The van der Waals surface area contributed by atoms with Crippen molar-refractivity contribution in [3.05, 3.63) is 62.6 Å². The lowest BCUT2D eigenvalue weighted by Crippen LogP contribution is -2.50. The summed E-state index contributed by atoms with van der Waals surface area (Å²) in [6.07, 6.45) is 1.01. The maximum Gasteiger partial charge on any atom is 0.244 e. The first kappa shape index (κ1) is 26.3. The van der Waals surface area contributed by atoms with Gasteiger partial charge in [-0.1, -0.05) is 46.9 Å². The molecule has 0 saturated carbocycles. The molecule has 0 fully saturated rings. The summed E-state index contributed by atoms with van der Waals surface area (Å²) in [6, 6.07) is 8.80. The third-order valence-corrected chi connectivity index (χ3v) is 7.21. The molecule has 0 aliphatic rings. The van der Waals surface area contributed by atoms with Crippen molar-refractivity contribution >= 4 is 62.3 Å². The average Bonchev–Trinajstić information content (AvgIpc) is 2.73. The summed E-state index contributed by atoms with van der Waals surface area (Å²) in [5, 5.41) is 3.54. The fraction of sp³-hybridized carbons (Fsp3) is 0.333. The Balaban J connectivity index is 2.45. The molecule has 7 nitrogen and oxygen atoms in total. The Bertz CT molecular complexity index is 1130. The van der Waals surface area contributed by atoms with Crippen LogP contribution in [-0.4, -0.2) is 51.0 Å². The SMILES string of the molecule is CNC(=O)[C@@H](C)N(Cc1ccc(Cl)c(Cl)c1)C(=O)CN(c1cccc(Cl)c1C)S(C)(=O)=O. The van der Waals surface area contributed by atoms with Gasteiger partial charge in [0, 0.05) is 18.6 Å². The summed E-state index contributed by atoms with van der Waals surface area (Å²) >= 11 is 18.2. The second-order valence-electron chi connectivity index (χ2n) is 7.21. The molecule has 0 bridgehead atoms. The standard InChI is InChI=1S/C21H24Cl3N3O4S/c1-13-16(22)6-5-7-19(13)27(32(4,30)31)12-20(28)26(14(2)21(29)25-3)11-15-8-9-17(23)18(24)10-15/h5-10,14H,11-12H2,1-4H3,(H,25,29)/t14-/m1/s1. The van der Waals surface area contributed by atoms with Crippen LogP contribution in [0.5, 0.6) is 0 Å². The van der Waals surface area contributed by atoms with Crippen molar-refractivity contribution in [2.75, 3.05) is 24.2 Å². The Morgan fingerprint density at radius 3 is 2.28 bits per heavy atom. The molecule has 0 unspecified atom stereocenters. The van der Waals surface area contributed by atoms with E-state index in [1.807, 2.05) is 0 Å². The zero-order valence-corrected chi connectivity index (χ0v) is 21.1. The van der Waals surface area contributed by atoms with Gasteiger partial charge in [-0.3, -0.25) is 13.9 Å². The largest absolute Gasteiger partial charge is 0.357 e. The highest BCUT2D eigenvalue weighted by molar-refractivity contribution is 7.92. The third kappa shape index (κ3) is 6.28. The van der Waals surface area contributed by atoms with Crippen LogP contribution in [0.2, 0.25) is 15.1 Å². The van der Waals surface area contributed by atoms with E-state index in [2.05, 4.69) is 5.32 Å². The first-order valence-electron chi connectivity index (χ1n) is 9.54. The van der Waals surface area contributed by atoms with Crippen LogP contribution in [0, 0.1) is 6.92 Å². The van der Waals surface area contributed by atoms with Crippen LogP contribution < -0.4 is 9.62 Å². The molecule has 2 amide bonds. The molecule has 32 heavy (non-hydrogen) atoms. The van der Waals surface area contributed by atoms with Gasteiger partial charge < -0.3 is 10.2 Å². The van der Waals surface area contributed by atoms with E-state index >= 15 is 0 Å². The van der Waals surface area contributed by atoms with Crippen molar-refractivity contribution in [1.29, 1.82) is 0 Å². The van der Waals surface area contributed by atoms with E-state index in [9.17, 15) is 18.0 Å². The molecule has 0 aliphatic heterocycles. The van der Waals surface area contributed by atoms with Gasteiger partial charge in [-0.2, -0.15) is 0 Å². The molecule has 2 rings (SSSR count). The summed E-state index contributed by atoms with van der Waals surface area (Å²) in [7, 11) is -2.38. The van der Waals surface area contributed by atoms with Crippen molar-refractivity contribution < 1.29 is 18.0 Å². The van der Waals surface area contributed by atoms with Gasteiger partial charge in [0.2, 0.25) is 21.8 Å². The number of nitrogens with zero attached hydrogens (tertiary/aromatic N) is 2. The minimum atomic E-state index is -3.83. The Hall–Kier alpha value is -2.00. The molecule has 2 aromatic carbocycles. The first-order chi connectivity index (χ1) is 14.9. The molecule has 0 saturated heterocycles. The van der Waals surface area contributed by atoms with Crippen molar-refractivity contribution in [3.63, 3.8) is 0 Å². The fourth-order valence-corrected chi connectivity index (χ4v) is 4.48. The third-order valence-electron chi connectivity index (χ3n) is 4.94. The van der Waals surface area contributed by atoms with Crippen LogP contribution in [0.25, 0.3) is 0 Å². The van der Waals surface area contributed by atoms with E-state index in [0.717, 1.165) is 10.6 Å². The minimum absolute atomic E-state index is 0.0242. The van der Waals surface area contributed by atoms with Gasteiger partial charge in [0.1, 0.15) is 12.6 Å². The van der Waals surface area contributed by atoms with Gasteiger partial charge in [-0.15, -0.1) is 0 Å². The van der Waals surface area contributed by atoms with Gasteiger partial charge in [0.25, 0.3) is 0 Å². The fourth-order valence-electron chi connectivity index (χ4n) is 3.09. The number of halogens is 3. The summed E-state index contributed by atoms with van der Waals surface area (Å²) in [6.45, 7) is 2.74. The van der Waals surface area contributed by atoms with Gasteiger partial charge in [0.15, 0.2) is 0 Å². The number of rotatable bonds is 8. The molecular formula is C21H24Cl3N3O4S. The zero-order chi connectivity index (χ0) is 24.2. The maximum absolute atomic E-state index is 13.3. The zero-order valence-electron chi connectivity index (χ0n) is 18.0. The molecule has 0 spiro atoms. The van der Waals surface area contributed by atoms with Crippen LogP contribution in [0.3, 0.4) is 0 Å². The Morgan fingerprint density at radius 1 is 1.06 bits per heavy atom. The number of carbonyl (C=O) groups excluding carboxylic acids is 2. The molecule has 0 heterocycles. The molecule has 174 valence electrons. The molecule has 0 aliphatic carbocycles. The Labute approximate surface area is 203 Å². The lowest BCUT2D eigenvalue weighted by Gasteiger charge is -2.31. The summed E-state index contributed by atoms with van der Waals surface area (Å²) < 4.78 is 26.1. The van der Waals surface area contributed by atoms with E-state index in [1.54, 1.807) is 50.2 Å². The molecule has 1 N–H and O–H groups in total. The number of likely N-dealkylation sites (N-methyl/N-ethyl adjacent to an activating group) is 1. The predicted octanol–water partition coefficient (Wildman–Crippen LogP) is 3.88. The Kier molecular flexibility index (Phi) is 8.82. The summed E-state index contributed by atoms with van der Waals surface area (Å²) in [5.74, 6) is -0.972. The quantitative estimate of drug-likeness (QED) is 0.572. The smallest absolute Gasteiger partial charge is 0.244 e. The van der Waals surface area contributed by atoms with E-state index in [1.165, 1.54) is 11.9 Å². The number of benzene rings is 2. The van der Waals surface area contributed by atoms with Crippen LogP contribution in [0.4, 0.5) is 5.69 Å².